The van der Waals surface area contributed by atoms with Gasteiger partial charge in [0.25, 0.3) is 11.8 Å². The van der Waals surface area contributed by atoms with Crippen LogP contribution in [0.2, 0.25) is 0 Å². The molecule has 1 saturated carbocycles. The Kier molecular flexibility index (Phi) is 6.97. The fraction of sp³-hybridized carbons (Fsp3) is 0.565. The summed E-state index contributed by atoms with van der Waals surface area (Å²) in [4.78, 5) is 49.8. The van der Waals surface area contributed by atoms with E-state index in [0.717, 1.165) is 29.7 Å². The number of rotatable bonds is 8. The molecule has 2 N–H and O–H groups in total. The van der Waals surface area contributed by atoms with Crippen LogP contribution in [0, 0.1) is 5.92 Å². The van der Waals surface area contributed by atoms with Gasteiger partial charge in [-0.2, -0.15) is 0 Å². The van der Waals surface area contributed by atoms with Gasteiger partial charge in [-0.15, -0.1) is 0 Å². The number of hydrogen-bond donors (Lipinski definition) is 2. The number of ether oxygens (including phenoxy) is 1. The Balaban J connectivity index is 1.44. The van der Waals surface area contributed by atoms with E-state index in [0.29, 0.717) is 18.8 Å². The van der Waals surface area contributed by atoms with Crippen LogP contribution in [0.1, 0.15) is 63.6 Å². The molecule has 2 fully saturated rings. The third-order valence-corrected chi connectivity index (χ3v) is 5.86. The van der Waals surface area contributed by atoms with Crippen LogP contribution < -0.4 is 10.6 Å². The summed E-state index contributed by atoms with van der Waals surface area (Å²) in [5, 5.41) is 5.49. The molecule has 0 radical (unpaired) electrons. The summed E-state index contributed by atoms with van der Waals surface area (Å²) in [6.07, 6.45) is 3.89. The van der Waals surface area contributed by atoms with Gasteiger partial charge < -0.3 is 15.4 Å². The summed E-state index contributed by atoms with van der Waals surface area (Å²) in [6, 6.07) is 7.23. The third-order valence-electron chi connectivity index (χ3n) is 5.86. The van der Waals surface area contributed by atoms with Gasteiger partial charge in [0.05, 0.1) is 6.04 Å². The lowest BCUT2D eigenvalue weighted by Gasteiger charge is -2.19. The van der Waals surface area contributed by atoms with Crippen molar-refractivity contribution in [3.05, 3.63) is 35.4 Å². The van der Waals surface area contributed by atoms with Crippen LogP contribution in [-0.4, -0.2) is 47.4 Å². The molecule has 0 unspecified atom stereocenters. The van der Waals surface area contributed by atoms with Gasteiger partial charge in [-0.25, -0.2) is 4.79 Å². The van der Waals surface area contributed by atoms with Crippen molar-refractivity contribution in [2.75, 3.05) is 13.2 Å². The molecule has 1 aromatic rings. The molecule has 3 rings (SSSR count). The Morgan fingerprint density at radius 2 is 1.77 bits per heavy atom. The molecule has 0 bridgehead atoms. The van der Waals surface area contributed by atoms with Gasteiger partial charge in [0.1, 0.15) is 12.1 Å². The van der Waals surface area contributed by atoms with Crippen molar-refractivity contribution in [1.29, 1.82) is 0 Å². The van der Waals surface area contributed by atoms with E-state index in [-0.39, 0.29) is 11.9 Å². The number of urea groups is 1. The molecule has 1 aliphatic carbocycles. The van der Waals surface area contributed by atoms with Gasteiger partial charge >= 0.3 is 12.0 Å². The smallest absolute Gasteiger partial charge is 0.326 e. The first-order chi connectivity index (χ1) is 14.7. The molecule has 2 aliphatic rings. The first kappa shape index (κ1) is 22.8. The summed E-state index contributed by atoms with van der Waals surface area (Å²) in [5.74, 6) is -1.05. The highest BCUT2D eigenvalue weighted by Gasteiger charge is 2.52. The Bertz CT molecular complexity index is 843. The summed E-state index contributed by atoms with van der Waals surface area (Å²) in [5.41, 5.74) is 1.33. The van der Waals surface area contributed by atoms with Crippen molar-refractivity contribution < 1.29 is 23.9 Å². The summed E-state index contributed by atoms with van der Waals surface area (Å²) in [6.45, 7) is 5.22. The van der Waals surface area contributed by atoms with E-state index in [1.807, 2.05) is 31.2 Å². The SMILES string of the molecule is CC(C)Cc1ccc([C@@H](C)NC(=O)COC(=O)CN2C(=O)NC3(CCCC3)C2=O)cc1. The maximum absolute atomic E-state index is 12.6. The molecular weight excluding hydrogens is 398 g/mol. The minimum absolute atomic E-state index is 0.243. The molecule has 1 aromatic carbocycles. The van der Waals surface area contributed by atoms with E-state index in [1.165, 1.54) is 5.56 Å². The van der Waals surface area contributed by atoms with Crippen molar-refractivity contribution in [2.24, 2.45) is 5.92 Å². The highest BCUT2D eigenvalue weighted by atomic mass is 16.5. The Labute approximate surface area is 182 Å². The largest absolute Gasteiger partial charge is 0.454 e. The molecule has 1 aliphatic heterocycles. The number of carbonyl (C=O) groups is 4. The van der Waals surface area contributed by atoms with Crippen molar-refractivity contribution in [3.8, 4) is 0 Å². The number of imide groups is 1. The number of carbonyl (C=O) groups excluding carboxylic acids is 4. The molecular formula is C23H31N3O5. The predicted molar refractivity (Wildman–Crippen MR) is 114 cm³/mol. The first-order valence-electron chi connectivity index (χ1n) is 10.9. The Morgan fingerprint density at radius 1 is 1.13 bits per heavy atom. The van der Waals surface area contributed by atoms with E-state index in [4.69, 9.17) is 4.74 Å². The molecule has 1 spiro atoms. The monoisotopic (exact) mass is 429 g/mol. The van der Waals surface area contributed by atoms with E-state index >= 15 is 0 Å². The lowest BCUT2D eigenvalue weighted by atomic mass is 9.98. The quantitative estimate of drug-likeness (QED) is 0.488. The standard InChI is InChI=1S/C23H31N3O5/c1-15(2)12-17-6-8-18(9-7-17)16(3)24-19(27)14-31-20(28)13-26-21(29)23(25-22(26)30)10-4-5-11-23/h6-9,15-16H,4-5,10-14H2,1-3H3,(H,24,27)(H,25,30)/t16-/m1/s1. The fourth-order valence-corrected chi connectivity index (χ4v) is 4.24. The zero-order chi connectivity index (χ0) is 22.6. The van der Waals surface area contributed by atoms with Crippen molar-refractivity contribution >= 4 is 23.8 Å². The maximum atomic E-state index is 12.6. The second kappa shape index (κ2) is 9.49. The van der Waals surface area contributed by atoms with Crippen LogP contribution in [0.25, 0.3) is 0 Å². The van der Waals surface area contributed by atoms with Gasteiger partial charge in [-0.1, -0.05) is 51.0 Å². The minimum Gasteiger partial charge on any atom is -0.454 e. The second-order valence-corrected chi connectivity index (χ2v) is 8.90. The molecule has 31 heavy (non-hydrogen) atoms. The van der Waals surface area contributed by atoms with Crippen molar-refractivity contribution in [2.45, 2.75) is 64.5 Å². The average Bonchev–Trinajstić information content (AvgIpc) is 3.27. The molecule has 4 amide bonds. The molecule has 0 aromatic heterocycles. The van der Waals surface area contributed by atoms with E-state index in [9.17, 15) is 19.2 Å². The van der Waals surface area contributed by atoms with Gasteiger partial charge in [-0.3, -0.25) is 19.3 Å². The van der Waals surface area contributed by atoms with Gasteiger partial charge in [-0.05, 0) is 43.2 Å². The van der Waals surface area contributed by atoms with Crippen LogP contribution in [-0.2, 0) is 25.5 Å². The molecule has 168 valence electrons. The molecule has 1 heterocycles. The third kappa shape index (κ3) is 5.42. The summed E-state index contributed by atoms with van der Waals surface area (Å²) >= 11 is 0. The zero-order valence-electron chi connectivity index (χ0n) is 18.4. The molecule has 1 saturated heterocycles. The number of nitrogens with zero attached hydrogens (tertiary/aromatic N) is 1. The second-order valence-electron chi connectivity index (χ2n) is 8.90. The van der Waals surface area contributed by atoms with Crippen LogP contribution in [0.3, 0.4) is 0 Å². The van der Waals surface area contributed by atoms with Crippen LogP contribution in [0.15, 0.2) is 24.3 Å². The fourth-order valence-electron chi connectivity index (χ4n) is 4.24. The summed E-state index contributed by atoms with van der Waals surface area (Å²) < 4.78 is 4.99. The zero-order valence-corrected chi connectivity index (χ0v) is 18.4. The molecule has 8 nitrogen and oxygen atoms in total. The first-order valence-corrected chi connectivity index (χ1v) is 10.9. The topological polar surface area (TPSA) is 105 Å². The van der Waals surface area contributed by atoms with Crippen molar-refractivity contribution in [3.63, 3.8) is 0 Å². The van der Waals surface area contributed by atoms with Gasteiger partial charge in [0.15, 0.2) is 6.61 Å². The number of hydrogen-bond acceptors (Lipinski definition) is 5. The number of benzene rings is 1. The van der Waals surface area contributed by atoms with E-state index < -0.39 is 36.6 Å². The average molecular weight is 430 g/mol. The number of esters is 1. The highest BCUT2D eigenvalue weighted by molar-refractivity contribution is 6.08. The van der Waals surface area contributed by atoms with Crippen LogP contribution >= 0.6 is 0 Å². The number of amides is 4. The van der Waals surface area contributed by atoms with Crippen molar-refractivity contribution in [1.82, 2.24) is 15.5 Å². The van der Waals surface area contributed by atoms with Crippen LogP contribution in [0.5, 0.6) is 0 Å². The van der Waals surface area contributed by atoms with Gasteiger partial charge in [0.2, 0.25) is 0 Å². The van der Waals surface area contributed by atoms with Gasteiger partial charge in [0, 0.05) is 0 Å². The highest BCUT2D eigenvalue weighted by Crippen LogP contribution is 2.34. The maximum Gasteiger partial charge on any atom is 0.326 e. The predicted octanol–water partition coefficient (Wildman–Crippen LogP) is 2.47. The lowest BCUT2D eigenvalue weighted by molar-refractivity contribution is -0.151. The minimum atomic E-state index is -0.866. The summed E-state index contributed by atoms with van der Waals surface area (Å²) in [7, 11) is 0. The molecule has 1 atom stereocenters. The lowest BCUT2D eigenvalue weighted by Crippen LogP contribution is -2.44. The normalized spacial score (nSPS) is 18.4. The molecule has 8 heteroatoms. The Morgan fingerprint density at radius 3 is 2.39 bits per heavy atom. The number of nitrogens with one attached hydrogen (secondary N) is 2. The Hall–Kier alpha value is -2.90. The van der Waals surface area contributed by atoms with E-state index in [1.54, 1.807) is 0 Å². The van der Waals surface area contributed by atoms with E-state index in [2.05, 4.69) is 24.5 Å². The van der Waals surface area contributed by atoms with Crippen LogP contribution in [0.4, 0.5) is 4.79 Å².